The molecule has 0 bridgehead atoms. The van der Waals surface area contributed by atoms with Gasteiger partial charge in [-0.05, 0) is 79.6 Å². The van der Waals surface area contributed by atoms with Crippen LogP contribution in [-0.2, 0) is 22.6 Å². The molecule has 3 aromatic carbocycles. The number of aromatic nitrogens is 1. The third-order valence-corrected chi connectivity index (χ3v) is 6.88. The quantitative estimate of drug-likeness (QED) is 0.0834. The number of nitrogens with zero attached hydrogens (tertiary/aromatic N) is 1. The summed E-state index contributed by atoms with van der Waals surface area (Å²) in [4.78, 5) is 34.2. The summed E-state index contributed by atoms with van der Waals surface area (Å²) in [6, 6.07) is 17.3. The summed E-state index contributed by atoms with van der Waals surface area (Å²) in [7, 11) is 0. The van der Waals surface area contributed by atoms with Crippen LogP contribution >= 0.6 is 0 Å². The first-order chi connectivity index (χ1) is 20.7. The first-order valence-electron chi connectivity index (χ1n) is 14.1. The van der Waals surface area contributed by atoms with Gasteiger partial charge in [-0.1, -0.05) is 42.5 Å². The molecule has 9 heteroatoms. The molecule has 0 saturated heterocycles. The highest BCUT2D eigenvalue weighted by Gasteiger charge is 2.14. The summed E-state index contributed by atoms with van der Waals surface area (Å²) in [6.45, 7) is 2.05. The molecule has 0 radical (unpaired) electrons. The number of carbonyl (C=O) groups is 3. The SMILES string of the molecule is CC(=O)c1cc(F)ccc1OCCCCOc1ccc(/C=C/c2cccc3c(CCCC(=O)O)cn(CC(=O)O)c23)cc1. The molecule has 0 aliphatic carbocycles. The zero-order valence-electron chi connectivity index (χ0n) is 23.9. The van der Waals surface area contributed by atoms with Crippen molar-refractivity contribution < 1.29 is 38.5 Å². The number of rotatable bonds is 16. The highest BCUT2D eigenvalue weighted by atomic mass is 19.1. The lowest BCUT2D eigenvalue weighted by molar-refractivity contribution is -0.138. The van der Waals surface area contributed by atoms with Crippen molar-refractivity contribution in [1.29, 1.82) is 0 Å². The maximum Gasteiger partial charge on any atom is 0.323 e. The van der Waals surface area contributed by atoms with Gasteiger partial charge in [0.25, 0.3) is 0 Å². The van der Waals surface area contributed by atoms with Crippen LogP contribution in [0.25, 0.3) is 23.1 Å². The Hall–Kier alpha value is -4.92. The first kappa shape index (κ1) is 31.0. The number of carboxylic acids is 2. The predicted molar refractivity (Wildman–Crippen MR) is 162 cm³/mol. The molecule has 4 aromatic rings. The zero-order chi connectivity index (χ0) is 30.8. The van der Waals surface area contributed by atoms with Crippen molar-refractivity contribution in [3.63, 3.8) is 0 Å². The second kappa shape index (κ2) is 14.8. The van der Waals surface area contributed by atoms with Crippen LogP contribution in [-0.4, -0.2) is 45.7 Å². The van der Waals surface area contributed by atoms with E-state index in [0.717, 1.165) is 39.8 Å². The van der Waals surface area contributed by atoms with E-state index in [9.17, 15) is 23.9 Å². The molecule has 0 saturated carbocycles. The van der Waals surface area contributed by atoms with Crippen molar-refractivity contribution in [2.75, 3.05) is 13.2 Å². The molecule has 8 nitrogen and oxygen atoms in total. The standard InChI is InChI=1S/C34H34FNO7/c1-23(37)30-20-27(35)14-17-31(30)43-19-3-2-18-42-28-15-11-24(12-16-28)10-13-25-6-4-8-29-26(7-5-9-32(38)39)21-36(34(25)29)22-33(40)41/h4,6,8,10-17,20-21H,2-3,5,7,9,18-19,22H2,1H3,(H,38,39)(H,40,41)/b13-10+. The van der Waals surface area contributed by atoms with E-state index < -0.39 is 17.8 Å². The summed E-state index contributed by atoms with van der Waals surface area (Å²) >= 11 is 0. The normalized spacial score (nSPS) is 11.2. The van der Waals surface area contributed by atoms with Crippen LogP contribution in [0, 0.1) is 5.82 Å². The highest BCUT2D eigenvalue weighted by Crippen LogP contribution is 2.28. The molecule has 4 rings (SSSR count). The van der Waals surface area contributed by atoms with E-state index in [1.807, 2.05) is 60.8 Å². The summed E-state index contributed by atoms with van der Waals surface area (Å²) in [6.07, 6.45) is 8.21. The fourth-order valence-electron chi connectivity index (χ4n) is 4.84. The number of Topliss-reactive ketones (excluding diaryl/α,β-unsaturated/α-hetero) is 1. The molecule has 1 aromatic heterocycles. The largest absolute Gasteiger partial charge is 0.494 e. The molecule has 0 amide bonds. The van der Waals surface area contributed by atoms with Gasteiger partial charge in [-0.15, -0.1) is 0 Å². The summed E-state index contributed by atoms with van der Waals surface area (Å²) in [5.74, 6) is -1.44. The van der Waals surface area contributed by atoms with Gasteiger partial charge in [0.05, 0.1) is 24.3 Å². The number of benzene rings is 3. The van der Waals surface area contributed by atoms with Gasteiger partial charge < -0.3 is 24.3 Å². The number of aryl methyl sites for hydroxylation is 1. The van der Waals surface area contributed by atoms with E-state index in [1.54, 1.807) is 4.57 Å². The van der Waals surface area contributed by atoms with Crippen molar-refractivity contribution in [1.82, 2.24) is 4.57 Å². The number of para-hydroxylation sites is 1. The molecular weight excluding hydrogens is 553 g/mol. The molecule has 0 atom stereocenters. The molecule has 0 spiro atoms. The van der Waals surface area contributed by atoms with Crippen molar-refractivity contribution in [3.05, 3.63) is 94.9 Å². The van der Waals surface area contributed by atoms with Gasteiger partial charge in [-0.25, -0.2) is 4.39 Å². The molecule has 224 valence electrons. The van der Waals surface area contributed by atoms with E-state index in [4.69, 9.17) is 14.6 Å². The molecule has 43 heavy (non-hydrogen) atoms. The Labute approximate surface area is 249 Å². The van der Waals surface area contributed by atoms with Crippen LogP contribution in [0.5, 0.6) is 11.5 Å². The molecule has 0 aliphatic rings. The summed E-state index contributed by atoms with van der Waals surface area (Å²) in [5.41, 5.74) is 3.76. The van der Waals surface area contributed by atoms with Crippen LogP contribution in [0.1, 0.15) is 59.7 Å². The van der Waals surface area contributed by atoms with Gasteiger partial charge in [0, 0.05) is 18.0 Å². The lowest BCUT2D eigenvalue weighted by Crippen LogP contribution is -2.07. The molecule has 2 N–H and O–H groups in total. The number of ether oxygens (including phenoxy) is 2. The molecule has 0 unspecified atom stereocenters. The minimum Gasteiger partial charge on any atom is -0.494 e. The van der Waals surface area contributed by atoms with E-state index >= 15 is 0 Å². The van der Waals surface area contributed by atoms with Crippen molar-refractivity contribution in [3.8, 4) is 11.5 Å². The Kier molecular flexibility index (Phi) is 10.7. The van der Waals surface area contributed by atoms with Crippen LogP contribution in [0.2, 0.25) is 0 Å². The first-order valence-corrected chi connectivity index (χ1v) is 14.1. The number of carbonyl (C=O) groups excluding carboxylic acids is 1. The zero-order valence-corrected chi connectivity index (χ0v) is 23.9. The van der Waals surface area contributed by atoms with Crippen molar-refractivity contribution in [2.45, 2.75) is 45.6 Å². The van der Waals surface area contributed by atoms with Gasteiger partial charge in [0.2, 0.25) is 0 Å². The Balaban J connectivity index is 1.33. The Morgan fingerprint density at radius 3 is 2.33 bits per heavy atom. The number of hydrogen-bond acceptors (Lipinski definition) is 5. The van der Waals surface area contributed by atoms with Crippen LogP contribution < -0.4 is 9.47 Å². The van der Waals surface area contributed by atoms with Crippen LogP contribution in [0.3, 0.4) is 0 Å². The van der Waals surface area contributed by atoms with E-state index in [1.165, 1.54) is 25.1 Å². The monoisotopic (exact) mass is 587 g/mol. The van der Waals surface area contributed by atoms with E-state index in [2.05, 4.69) is 0 Å². The fourth-order valence-corrected chi connectivity index (χ4v) is 4.84. The van der Waals surface area contributed by atoms with Gasteiger partial charge in [0.15, 0.2) is 5.78 Å². The molecular formula is C34H34FNO7. The number of halogens is 1. The lowest BCUT2D eigenvalue weighted by atomic mass is 10.0. The van der Waals surface area contributed by atoms with Gasteiger partial charge in [-0.3, -0.25) is 14.4 Å². The van der Waals surface area contributed by atoms with Gasteiger partial charge >= 0.3 is 11.9 Å². The fraction of sp³-hybridized carbons (Fsp3) is 0.265. The lowest BCUT2D eigenvalue weighted by Gasteiger charge is -2.10. The molecule has 1 heterocycles. The van der Waals surface area contributed by atoms with Crippen LogP contribution in [0.15, 0.2) is 66.9 Å². The minimum atomic E-state index is -0.953. The number of hydrogen-bond donors (Lipinski definition) is 2. The molecule has 0 aliphatic heterocycles. The number of fused-ring (bicyclic) bond motifs is 1. The maximum absolute atomic E-state index is 13.4. The molecule has 0 fully saturated rings. The summed E-state index contributed by atoms with van der Waals surface area (Å²) in [5, 5.41) is 19.3. The number of carboxylic acid groups (broad SMARTS) is 2. The van der Waals surface area contributed by atoms with Crippen molar-refractivity contribution in [2.24, 2.45) is 0 Å². The average Bonchev–Trinajstić information content (AvgIpc) is 3.31. The van der Waals surface area contributed by atoms with Gasteiger partial charge in [-0.2, -0.15) is 0 Å². The minimum absolute atomic E-state index is 0.0554. The van der Waals surface area contributed by atoms with E-state index in [-0.39, 0.29) is 24.3 Å². The topological polar surface area (TPSA) is 115 Å². The number of ketones is 1. The smallest absolute Gasteiger partial charge is 0.323 e. The van der Waals surface area contributed by atoms with Crippen molar-refractivity contribution >= 4 is 40.8 Å². The Bertz CT molecular complexity index is 1620. The predicted octanol–water partition coefficient (Wildman–Crippen LogP) is 6.88. The second-order valence-corrected chi connectivity index (χ2v) is 10.2. The summed E-state index contributed by atoms with van der Waals surface area (Å²) < 4.78 is 26.6. The third-order valence-electron chi connectivity index (χ3n) is 6.88. The Morgan fingerprint density at radius 2 is 1.63 bits per heavy atom. The second-order valence-electron chi connectivity index (χ2n) is 10.2. The highest BCUT2D eigenvalue weighted by molar-refractivity contribution is 5.97. The number of unbranched alkanes of at least 4 members (excludes halogenated alkanes) is 1. The number of aliphatic carboxylic acids is 2. The van der Waals surface area contributed by atoms with E-state index in [0.29, 0.717) is 38.2 Å². The average molecular weight is 588 g/mol. The Morgan fingerprint density at radius 1 is 0.884 bits per heavy atom. The maximum atomic E-state index is 13.4. The van der Waals surface area contributed by atoms with Crippen LogP contribution in [0.4, 0.5) is 4.39 Å². The van der Waals surface area contributed by atoms with Gasteiger partial charge in [0.1, 0.15) is 23.9 Å². The third kappa shape index (κ3) is 8.78.